The van der Waals surface area contributed by atoms with E-state index in [-0.39, 0.29) is 17.4 Å². The highest BCUT2D eigenvalue weighted by atomic mass is 32.2. The van der Waals surface area contributed by atoms with E-state index in [1.54, 1.807) is 42.5 Å². The maximum atomic E-state index is 12.7. The fourth-order valence-electron chi connectivity index (χ4n) is 4.17. The van der Waals surface area contributed by atoms with Gasteiger partial charge >= 0.3 is 0 Å². The van der Waals surface area contributed by atoms with Crippen LogP contribution < -0.4 is 5.32 Å². The monoisotopic (exact) mass is 581 g/mol. The zero-order chi connectivity index (χ0) is 27.8. The van der Waals surface area contributed by atoms with Gasteiger partial charge in [0.2, 0.25) is 5.78 Å². The second-order valence-corrected chi connectivity index (χ2v) is 12.4. The molecule has 0 radical (unpaired) electrons. The van der Waals surface area contributed by atoms with Crippen molar-refractivity contribution in [3.63, 3.8) is 0 Å². The third-order valence-electron chi connectivity index (χ3n) is 6.19. The van der Waals surface area contributed by atoms with Crippen LogP contribution in [0.2, 0.25) is 0 Å². The molecule has 7 nitrogen and oxygen atoms in total. The number of hydrogen-bond acceptors (Lipinski definition) is 8. The number of anilines is 1. The standard InChI is InChI=1S/C30H19N3O4S3/c1-17-6-9-19(10-7-17)29(35)31-20-11-12-22-26(16-20)40-30(32-22)39-25-13-8-18(14-23(25)33(36)37)15-27-28(34)21-4-2-3-5-24(21)38-27/h2-16H,1H3,(H,31,35)/b27-15-. The molecule has 1 aliphatic rings. The lowest BCUT2D eigenvalue weighted by atomic mass is 10.1. The quantitative estimate of drug-likeness (QED) is 0.122. The maximum absolute atomic E-state index is 12.7. The molecule has 1 amide bonds. The van der Waals surface area contributed by atoms with E-state index in [4.69, 9.17) is 0 Å². The number of carbonyl (C=O) groups excluding carboxylic acids is 2. The number of allylic oxidation sites excluding steroid dienone is 1. The van der Waals surface area contributed by atoms with Gasteiger partial charge in [-0.25, -0.2) is 4.98 Å². The van der Waals surface area contributed by atoms with Gasteiger partial charge in [0, 0.05) is 27.8 Å². The summed E-state index contributed by atoms with van der Waals surface area (Å²) in [5.74, 6) is -0.281. The Labute approximate surface area is 241 Å². The summed E-state index contributed by atoms with van der Waals surface area (Å²) in [5.41, 5.74) is 4.19. The SMILES string of the molecule is Cc1ccc(C(=O)Nc2ccc3nc(Sc4ccc(/C=C5\Sc6ccccc6C5=O)cc4[N+](=O)[O-])sc3c2)cc1. The number of carbonyl (C=O) groups is 2. The highest BCUT2D eigenvalue weighted by Gasteiger charge is 2.26. The molecular formula is C30H19N3O4S3. The smallest absolute Gasteiger partial charge is 0.283 e. The summed E-state index contributed by atoms with van der Waals surface area (Å²) in [6.45, 7) is 1.96. The predicted molar refractivity (Wildman–Crippen MR) is 161 cm³/mol. The summed E-state index contributed by atoms with van der Waals surface area (Å²) in [6, 6.07) is 25.1. The molecule has 196 valence electrons. The van der Waals surface area contributed by atoms with Gasteiger partial charge in [-0.3, -0.25) is 19.7 Å². The largest absolute Gasteiger partial charge is 0.322 e. The van der Waals surface area contributed by atoms with Gasteiger partial charge in [-0.1, -0.05) is 59.4 Å². The number of hydrogen-bond donors (Lipinski definition) is 1. The number of aryl methyl sites for hydroxylation is 1. The Bertz CT molecular complexity index is 1860. The Hall–Kier alpha value is -4.25. The van der Waals surface area contributed by atoms with Crippen molar-refractivity contribution < 1.29 is 14.5 Å². The normalized spacial score (nSPS) is 13.5. The third kappa shape index (κ3) is 5.29. The van der Waals surface area contributed by atoms with Crippen molar-refractivity contribution in [1.82, 2.24) is 4.98 Å². The van der Waals surface area contributed by atoms with Crippen LogP contribution >= 0.6 is 34.9 Å². The molecule has 40 heavy (non-hydrogen) atoms. The van der Waals surface area contributed by atoms with Crippen molar-refractivity contribution in [3.05, 3.63) is 122 Å². The molecule has 0 unspecified atom stereocenters. The number of nitrogens with one attached hydrogen (secondary N) is 1. The van der Waals surface area contributed by atoms with Crippen LogP contribution in [0.25, 0.3) is 16.3 Å². The number of fused-ring (bicyclic) bond motifs is 2. The predicted octanol–water partition coefficient (Wildman–Crippen LogP) is 8.25. The molecule has 0 bridgehead atoms. The van der Waals surface area contributed by atoms with E-state index in [1.165, 1.54) is 40.9 Å². The number of amides is 1. The first-order valence-corrected chi connectivity index (χ1v) is 14.6. The number of thiazole rings is 1. The highest BCUT2D eigenvalue weighted by molar-refractivity contribution is 8.05. The second-order valence-electron chi connectivity index (χ2n) is 9.00. The molecule has 0 fully saturated rings. The summed E-state index contributed by atoms with van der Waals surface area (Å²) in [7, 11) is 0. The molecule has 0 saturated carbocycles. The van der Waals surface area contributed by atoms with Crippen LogP contribution in [-0.2, 0) is 0 Å². The number of nitro groups is 1. The molecule has 1 aromatic heterocycles. The van der Waals surface area contributed by atoms with Crippen molar-refractivity contribution in [2.24, 2.45) is 0 Å². The molecule has 0 atom stereocenters. The topological polar surface area (TPSA) is 102 Å². The number of aromatic nitrogens is 1. The molecule has 0 saturated heterocycles. The first-order chi connectivity index (χ1) is 19.3. The summed E-state index contributed by atoms with van der Waals surface area (Å²) in [4.78, 5) is 43.3. The molecule has 5 aromatic rings. The van der Waals surface area contributed by atoms with Crippen LogP contribution in [0.5, 0.6) is 0 Å². The minimum Gasteiger partial charge on any atom is -0.322 e. The van der Waals surface area contributed by atoms with E-state index in [9.17, 15) is 19.7 Å². The lowest BCUT2D eigenvalue weighted by Gasteiger charge is -2.05. The summed E-state index contributed by atoms with van der Waals surface area (Å²) < 4.78 is 1.49. The van der Waals surface area contributed by atoms with E-state index >= 15 is 0 Å². The summed E-state index contributed by atoms with van der Waals surface area (Å²) in [6.07, 6.45) is 1.69. The van der Waals surface area contributed by atoms with Crippen LogP contribution in [0.4, 0.5) is 11.4 Å². The van der Waals surface area contributed by atoms with Gasteiger partial charge in [-0.15, -0.1) is 11.3 Å². The van der Waals surface area contributed by atoms with Crippen LogP contribution in [0.15, 0.2) is 104 Å². The van der Waals surface area contributed by atoms with Gasteiger partial charge in [0.15, 0.2) is 4.34 Å². The number of nitro benzene ring substituents is 1. The van der Waals surface area contributed by atoms with Gasteiger partial charge in [-0.2, -0.15) is 0 Å². The maximum Gasteiger partial charge on any atom is 0.283 e. The van der Waals surface area contributed by atoms with Gasteiger partial charge in [0.05, 0.1) is 24.9 Å². The molecule has 10 heteroatoms. The molecule has 0 spiro atoms. The second kappa shape index (κ2) is 10.7. The Morgan fingerprint density at radius 2 is 1.82 bits per heavy atom. The minimum absolute atomic E-state index is 0.0578. The Morgan fingerprint density at radius 3 is 2.60 bits per heavy atom. The first kappa shape index (κ1) is 26.0. The van der Waals surface area contributed by atoms with Gasteiger partial charge in [-0.05, 0) is 67.1 Å². The molecule has 6 rings (SSSR count). The van der Waals surface area contributed by atoms with Gasteiger partial charge in [0.1, 0.15) is 0 Å². The third-order valence-corrected chi connectivity index (χ3v) is 9.43. The zero-order valence-electron chi connectivity index (χ0n) is 20.9. The summed E-state index contributed by atoms with van der Waals surface area (Å²) >= 11 is 3.98. The van der Waals surface area contributed by atoms with Crippen molar-refractivity contribution in [3.8, 4) is 0 Å². The number of rotatable bonds is 6. The van der Waals surface area contributed by atoms with E-state index in [0.717, 1.165) is 20.7 Å². The number of nitrogens with zero attached hydrogens (tertiary/aromatic N) is 2. The van der Waals surface area contributed by atoms with Crippen molar-refractivity contribution in [2.75, 3.05) is 5.32 Å². The van der Waals surface area contributed by atoms with Crippen molar-refractivity contribution >= 4 is 74.2 Å². The molecule has 1 aliphatic heterocycles. The van der Waals surface area contributed by atoms with E-state index < -0.39 is 4.92 Å². The van der Waals surface area contributed by atoms with Crippen LogP contribution in [0.1, 0.15) is 31.8 Å². The Kier molecular flexibility index (Phi) is 6.97. The minimum atomic E-state index is -0.422. The van der Waals surface area contributed by atoms with Crippen molar-refractivity contribution in [1.29, 1.82) is 0 Å². The van der Waals surface area contributed by atoms with Gasteiger partial charge < -0.3 is 5.32 Å². The summed E-state index contributed by atoms with van der Waals surface area (Å²) in [5, 5.41) is 14.9. The van der Waals surface area contributed by atoms with E-state index in [2.05, 4.69) is 10.3 Å². The first-order valence-electron chi connectivity index (χ1n) is 12.1. The Morgan fingerprint density at radius 1 is 1.02 bits per heavy atom. The lowest BCUT2D eigenvalue weighted by molar-refractivity contribution is -0.387. The zero-order valence-corrected chi connectivity index (χ0v) is 23.4. The number of benzene rings is 4. The number of ketones is 1. The van der Waals surface area contributed by atoms with E-state index in [1.807, 2.05) is 49.4 Å². The van der Waals surface area contributed by atoms with Crippen LogP contribution in [-0.4, -0.2) is 21.6 Å². The molecule has 0 aliphatic carbocycles. The Balaban J connectivity index is 1.22. The molecule has 2 heterocycles. The van der Waals surface area contributed by atoms with Crippen LogP contribution in [0, 0.1) is 17.0 Å². The highest BCUT2D eigenvalue weighted by Crippen LogP contribution is 2.42. The van der Waals surface area contributed by atoms with Crippen LogP contribution in [0.3, 0.4) is 0 Å². The van der Waals surface area contributed by atoms with Gasteiger partial charge in [0.25, 0.3) is 11.6 Å². The van der Waals surface area contributed by atoms with E-state index in [0.29, 0.717) is 36.5 Å². The van der Waals surface area contributed by atoms with Crippen molar-refractivity contribution in [2.45, 2.75) is 21.1 Å². The fraction of sp³-hybridized carbons (Fsp3) is 0.0333. The lowest BCUT2D eigenvalue weighted by Crippen LogP contribution is -2.11. The number of Topliss-reactive ketones (excluding diaryl/α,β-unsaturated/α-hetero) is 1. The fourth-order valence-corrected chi connectivity index (χ4v) is 7.37. The molecular weight excluding hydrogens is 563 g/mol. The number of thioether (sulfide) groups is 1. The molecule has 4 aromatic carbocycles. The molecule has 1 N–H and O–H groups in total. The average molecular weight is 582 g/mol. The average Bonchev–Trinajstić information content (AvgIpc) is 3.49.